The minimum Gasteiger partial charge on any atom is -0.329 e. The lowest BCUT2D eigenvalue weighted by molar-refractivity contribution is 0.939. The molecule has 1 aromatic carbocycles. The smallest absolute Gasteiger partial charge is 0.170 e. The summed E-state index contributed by atoms with van der Waals surface area (Å²) in [7, 11) is 0. The summed E-state index contributed by atoms with van der Waals surface area (Å²) in [6, 6.07) is 7.74. The first kappa shape index (κ1) is 11.9. The Morgan fingerprint density at radius 3 is 2.69 bits per heavy atom. The van der Waals surface area contributed by atoms with E-state index in [0.717, 1.165) is 14.9 Å². The molecule has 3 nitrogen and oxygen atoms in total. The van der Waals surface area contributed by atoms with E-state index in [9.17, 15) is 0 Å². The molecule has 0 saturated carbocycles. The second-order valence-electron chi connectivity index (χ2n) is 3.10. The lowest BCUT2D eigenvalue weighted by atomic mass is 10.1. The first-order valence-corrected chi connectivity index (χ1v) is 6.71. The van der Waals surface area contributed by atoms with Crippen LogP contribution in [-0.2, 0) is 0 Å². The molecular weight excluding hydrogens is 262 g/mol. The average molecular weight is 272 g/mol. The number of hydrogen-bond donors (Lipinski definition) is 1. The van der Waals surface area contributed by atoms with Crippen LogP contribution in [0.4, 0.5) is 0 Å². The van der Waals surface area contributed by atoms with Gasteiger partial charge in [-0.05, 0) is 29.2 Å². The molecule has 1 aromatic heterocycles. The highest BCUT2D eigenvalue weighted by molar-refractivity contribution is 8.01. The second kappa shape index (κ2) is 5.63. The molecule has 0 aliphatic heterocycles. The van der Waals surface area contributed by atoms with Gasteiger partial charge in [0.05, 0.1) is 0 Å². The van der Waals surface area contributed by atoms with Gasteiger partial charge in [-0.15, -0.1) is 0 Å². The Morgan fingerprint density at radius 1 is 1.38 bits per heavy atom. The molecule has 0 fully saturated rings. The molecule has 2 rings (SSSR count). The fourth-order valence-corrected chi connectivity index (χ4v) is 3.06. The number of rotatable bonds is 4. The highest BCUT2D eigenvalue weighted by atomic mass is 35.5. The number of thioether (sulfide) groups is 1. The third-order valence-corrected chi connectivity index (χ3v) is 4.32. The van der Waals surface area contributed by atoms with Crippen molar-refractivity contribution in [3.63, 3.8) is 0 Å². The Kier molecular flexibility index (Phi) is 4.17. The van der Waals surface area contributed by atoms with Gasteiger partial charge in [-0.1, -0.05) is 35.5 Å². The van der Waals surface area contributed by atoms with Crippen LogP contribution in [0.25, 0.3) is 0 Å². The van der Waals surface area contributed by atoms with E-state index in [0.29, 0.717) is 6.54 Å². The van der Waals surface area contributed by atoms with Crippen LogP contribution in [0.5, 0.6) is 0 Å². The number of hydrogen-bond acceptors (Lipinski definition) is 5. The standard InChI is InChI=1S/C10H10ClN3S2/c11-8-3-1-7(2-4-8)9(5-12)15-10-13-6-14-16-10/h1-4,6,9H,5,12H2. The lowest BCUT2D eigenvalue weighted by Gasteiger charge is -2.12. The Morgan fingerprint density at radius 2 is 2.12 bits per heavy atom. The predicted molar refractivity (Wildman–Crippen MR) is 69.0 cm³/mol. The number of benzene rings is 1. The van der Waals surface area contributed by atoms with E-state index < -0.39 is 0 Å². The molecule has 0 spiro atoms. The van der Waals surface area contributed by atoms with Gasteiger partial charge in [0.25, 0.3) is 0 Å². The van der Waals surface area contributed by atoms with E-state index in [2.05, 4.69) is 9.36 Å². The van der Waals surface area contributed by atoms with Gasteiger partial charge in [0.2, 0.25) is 0 Å². The van der Waals surface area contributed by atoms with E-state index in [1.54, 1.807) is 18.1 Å². The van der Waals surface area contributed by atoms with Crippen LogP contribution in [0.2, 0.25) is 5.02 Å². The highest BCUT2D eigenvalue weighted by Crippen LogP contribution is 2.34. The maximum atomic E-state index is 5.84. The number of aromatic nitrogens is 2. The molecule has 2 N–H and O–H groups in total. The van der Waals surface area contributed by atoms with Crippen LogP contribution < -0.4 is 5.73 Å². The van der Waals surface area contributed by atoms with E-state index in [-0.39, 0.29) is 5.25 Å². The molecule has 0 saturated heterocycles. The molecular formula is C10H10ClN3S2. The molecule has 6 heteroatoms. The average Bonchev–Trinajstić information content (AvgIpc) is 2.80. The summed E-state index contributed by atoms with van der Waals surface area (Å²) >= 11 is 8.86. The molecule has 0 bridgehead atoms. The molecule has 1 heterocycles. The zero-order valence-electron chi connectivity index (χ0n) is 8.34. The van der Waals surface area contributed by atoms with Gasteiger partial charge in [0.15, 0.2) is 4.34 Å². The van der Waals surface area contributed by atoms with Crippen molar-refractivity contribution in [2.45, 2.75) is 9.59 Å². The third-order valence-electron chi connectivity index (χ3n) is 2.04. The summed E-state index contributed by atoms with van der Waals surface area (Å²) in [6.45, 7) is 0.561. The summed E-state index contributed by atoms with van der Waals surface area (Å²) < 4.78 is 4.90. The third kappa shape index (κ3) is 2.95. The maximum Gasteiger partial charge on any atom is 0.170 e. The molecule has 0 aliphatic carbocycles. The quantitative estimate of drug-likeness (QED) is 0.869. The maximum absolute atomic E-state index is 5.84. The molecule has 0 amide bonds. The summed E-state index contributed by atoms with van der Waals surface area (Å²) in [6.07, 6.45) is 1.56. The van der Waals surface area contributed by atoms with Gasteiger partial charge in [-0.3, -0.25) is 0 Å². The molecule has 84 valence electrons. The molecule has 0 aliphatic rings. The van der Waals surface area contributed by atoms with Crippen LogP contribution in [0.3, 0.4) is 0 Å². The van der Waals surface area contributed by atoms with E-state index >= 15 is 0 Å². The SMILES string of the molecule is NCC(Sc1ncns1)c1ccc(Cl)cc1. The summed E-state index contributed by atoms with van der Waals surface area (Å²) in [5.41, 5.74) is 6.92. The van der Waals surface area contributed by atoms with Gasteiger partial charge >= 0.3 is 0 Å². The van der Waals surface area contributed by atoms with Gasteiger partial charge in [-0.2, -0.15) is 4.37 Å². The van der Waals surface area contributed by atoms with E-state index in [4.69, 9.17) is 17.3 Å². The summed E-state index contributed by atoms with van der Waals surface area (Å²) in [4.78, 5) is 4.14. The zero-order chi connectivity index (χ0) is 11.4. The lowest BCUT2D eigenvalue weighted by Crippen LogP contribution is -2.09. The second-order valence-corrected chi connectivity index (χ2v) is 5.77. The topological polar surface area (TPSA) is 51.8 Å². The van der Waals surface area contributed by atoms with Crippen LogP contribution in [0, 0.1) is 0 Å². The van der Waals surface area contributed by atoms with E-state index in [1.807, 2.05) is 24.3 Å². The van der Waals surface area contributed by atoms with Crippen molar-refractivity contribution in [1.29, 1.82) is 0 Å². The highest BCUT2D eigenvalue weighted by Gasteiger charge is 2.13. The van der Waals surface area contributed by atoms with Gasteiger partial charge < -0.3 is 5.73 Å². The molecule has 16 heavy (non-hydrogen) atoms. The Hall–Kier alpha value is -0.620. The van der Waals surface area contributed by atoms with Gasteiger partial charge in [0, 0.05) is 16.8 Å². The van der Waals surface area contributed by atoms with Gasteiger partial charge in [-0.25, -0.2) is 4.98 Å². The fourth-order valence-electron chi connectivity index (χ4n) is 1.27. The van der Waals surface area contributed by atoms with Crippen molar-refractivity contribution in [3.8, 4) is 0 Å². The van der Waals surface area contributed by atoms with Crippen molar-refractivity contribution in [2.24, 2.45) is 5.73 Å². The molecule has 2 aromatic rings. The Bertz CT molecular complexity index is 430. The molecule has 1 atom stereocenters. The first-order valence-electron chi connectivity index (χ1n) is 4.68. The normalized spacial score (nSPS) is 12.6. The van der Waals surface area contributed by atoms with Crippen molar-refractivity contribution in [2.75, 3.05) is 6.54 Å². The Labute approximate surface area is 107 Å². The molecule has 0 radical (unpaired) electrons. The number of nitrogens with two attached hydrogens (primary N) is 1. The molecule has 1 unspecified atom stereocenters. The van der Waals surface area contributed by atoms with Crippen molar-refractivity contribution in [1.82, 2.24) is 9.36 Å². The predicted octanol–water partition coefficient (Wildman–Crippen LogP) is 2.98. The largest absolute Gasteiger partial charge is 0.329 e. The van der Waals surface area contributed by atoms with Crippen LogP contribution in [0.15, 0.2) is 34.9 Å². The summed E-state index contributed by atoms with van der Waals surface area (Å²) in [5, 5.41) is 0.936. The monoisotopic (exact) mass is 271 g/mol. The van der Waals surface area contributed by atoms with Crippen molar-refractivity contribution in [3.05, 3.63) is 41.2 Å². The van der Waals surface area contributed by atoms with Gasteiger partial charge in [0.1, 0.15) is 6.33 Å². The van der Waals surface area contributed by atoms with Crippen molar-refractivity contribution >= 4 is 34.9 Å². The number of nitrogens with zero attached hydrogens (tertiary/aromatic N) is 2. The van der Waals surface area contributed by atoms with E-state index in [1.165, 1.54) is 11.5 Å². The van der Waals surface area contributed by atoms with Crippen LogP contribution >= 0.6 is 34.9 Å². The van der Waals surface area contributed by atoms with Crippen molar-refractivity contribution < 1.29 is 0 Å². The van der Waals surface area contributed by atoms with Crippen LogP contribution in [0.1, 0.15) is 10.8 Å². The minimum atomic E-state index is 0.199. The minimum absolute atomic E-state index is 0.199. The Balaban J connectivity index is 2.13. The van der Waals surface area contributed by atoms with Crippen LogP contribution in [-0.4, -0.2) is 15.9 Å². The number of halogens is 1. The first-order chi connectivity index (χ1) is 7.79. The summed E-state index contributed by atoms with van der Waals surface area (Å²) in [5.74, 6) is 0. The fraction of sp³-hybridized carbons (Fsp3) is 0.200. The zero-order valence-corrected chi connectivity index (χ0v) is 10.7.